The molecule has 0 radical (unpaired) electrons. The molecule has 0 N–H and O–H groups in total. The van der Waals surface area contributed by atoms with Crippen LogP contribution in [-0.4, -0.2) is 54.0 Å². The van der Waals surface area contributed by atoms with Gasteiger partial charge in [0.15, 0.2) is 5.13 Å². The van der Waals surface area contributed by atoms with Crippen molar-refractivity contribution in [3.8, 4) is 0 Å². The summed E-state index contributed by atoms with van der Waals surface area (Å²) in [7, 11) is 0. The van der Waals surface area contributed by atoms with Gasteiger partial charge in [-0.1, -0.05) is 44.2 Å². The van der Waals surface area contributed by atoms with Crippen LogP contribution in [0.15, 0.2) is 52.3 Å². The van der Waals surface area contributed by atoms with Crippen LogP contribution in [0.1, 0.15) is 31.1 Å². The van der Waals surface area contributed by atoms with Crippen molar-refractivity contribution in [3.05, 3.63) is 48.0 Å². The smallest absolute Gasteiger partial charge is 0.260 e. The minimum atomic E-state index is 0.0190. The number of likely N-dealkylation sites (N-methyl/N-ethyl adjacent to an activating group) is 1. The van der Waals surface area contributed by atoms with Gasteiger partial charge < -0.3 is 4.90 Å². The Morgan fingerprint density at radius 1 is 1.07 bits per heavy atom. The van der Waals surface area contributed by atoms with Crippen molar-refractivity contribution in [2.45, 2.75) is 30.6 Å². The summed E-state index contributed by atoms with van der Waals surface area (Å²) in [5, 5.41) is 0.775. The molecule has 2 aromatic carbocycles. The number of carbonyl (C=O) groups is 1. The Balaban J connectivity index is 1.98. The molecule has 0 saturated heterocycles. The summed E-state index contributed by atoms with van der Waals surface area (Å²) in [5.41, 5.74) is 1.71. The van der Waals surface area contributed by atoms with Crippen molar-refractivity contribution in [1.82, 2.24) is 9.88 Å². The zero-order valence-corrected chi connectivity index (χ0v) is 20.5. The van der Waals surface area contributed by atoms with Crippen molar-refractivity contribution >= 4 is 56.1 Å². The number of thiazole rings is 1. The maximum absolute atomic E-state index is 13.6. The van der Waals surface area contributed by atoms with E-state index in [1.165, 1.54) is 0 Å². The average Bonchev–Trinajstić information content (AvgIpc) is 3.21. The highest BCUT2D eigenvalue weighted by Crippen LogP contribution is 2.34. The first-order valence-corrected chi connectivity index (χ1v) is 13.3. The largest absolute Gasteiger partial charge is 0.302 e. The van der Waals surface area contributed by atoms with Crippen molar-refractivity contribution < 1.29 is 4.79 Å². The maximum Gasteiger partial charge on any atom is 0.260 e. The number of thioether (sulfide) groups is 2. The standard InChI is InChI=1S/C23H29N3OS3/c1-5-25(6-2)14-15-26(22(27)17-10-8-11-18(16-17)29-7-3)23-24-21-19(28-4)12-9-13-20(21)30-23/h8-13,16H,5-7,14-15H2,1-4H3. The Morgan fingerprint density at radius 2 is 1.83 bits per heavy atom. The monoisotopic (exact) mass is 459 g/mol. The van der Waals surface area contributed by atoms with Crippen LogP contribution in [0.2, 0.25) is 0 Å². The molecular weight excluding hydrogens is 430 g/mol. The predicted octanol–water partition coefficient (Wildman–Crippen LogP) is 6.12. The minimum absolute atomic E-state index is 0.0190. The molecule has 0 spiro atoms. The van der Waals surface area contributed by atoms with Crippen molar-refractivity contribution in [2.75, 3.05) is 43.1 Å². The molecule has 30 heavy (non-hydrogen) atoms. The summed E-state index contributed by atoms with van der Waals surface area (Å²) in [5.74, 6) is 1.00. The molecule has 0 bridgehead atoms. The van der Waals surface area contributed by atoms with Gasteiger partial charge in [0.25, 0.3) is 5.91 Å². The Kier molecular flexibility index (Phi) is 8.62. The number of nitrogens with zero attached hydrogens (tertiary/aromatic N) is 3. The molecule has 0 fully saturated rings. The topological polar surface area (TPSA) is 36.4 Å². The normalized spacial score (nSPS) is 11.4. The van der Waals surface area contributed by atoms with E-state index in [0.717, 1.165) is 56.1 Å². The zero-order chi connectivity index (χ0) is 21.5. The summed E-state index contributed by atoms with van der Waals surface area (Å²) in [6.45, 7) is 9.83. The van der Waals surface area contributed by atoms with E-state index in [1.807, 2.05) is 23.1 Å². The quantitative estimate of drug-likeness (QED) is 0.341. The Hall–Kier alpha value is -1.54. The van der Waals surface area contributed by atoms with Crippen LogP contribution in [0.3, 0.4) is 0 Å². The molecule has 0 atom stereocenters. The van der Waals surface area contributed by atoms with Gasteiger partial charge in [-0.25, -0.2) is 4.98 Å². The highest BCUT2D eigenvalue weighted by molar-refractivity contribution is 7.99. The predicted molar refractivity (Wildman–Crippen MR) is 134 cm³/mol. The minimum Gasteiger partial charge on any atom is -0.302 e. The number of para-hydroxylation sites is 1. The second kappa shape index (κ2) is 11.2. The van der Waals surface area contributed by atoms with Gasteiger partial charge in [-0.15, -0.1) is 23.5 Å². The average molecular weight is 460 g/mol. The fraction of sp³-hybridized carbons (Fsp3) is 0.391. The highest BCUT2D eigenvalue weighted by Gasteiger charge is 2.22. The van der Waals surface area contributed by atoms with Crippen LogP contribution in [0.5, 0.6) is 0 Å². The number of hydrogen-bond acceptors (Lipinski definition) is 6. The summed E-state index contributed by atoms with van der Waals surface area (Å²) in [4.78, 5) is 25.0. The van der Waals surface area contributed by atoms with E-state index >= 15 is 0 Å². The van der Waals surface area contributed by atoms with E-state index < -0.39 is 0 Å². The summed E-state index contributed by atoms with van der Waals surface area (Å²) in [6.07, 6.45) is 2.06. The zero-order valence-electron chi connectivity index (χ0n) is 18.1. The van der Waals surface area contributed by atoms with E-state index in [4.69, 9.17) is 4.98 Å². The van der Waals surface area contributed by atoms with E-state index in [1.54, 1.807) is 34.9 Å². The van der Waals surface area contributed by atoms with E-state index in [9.17, 15) is 4.79 Å². The van der Waals surface area contributed by atoms with Crippen molar-refractivity contribution in [2.24, 2.45) is 0 Å². The van der Waals surface area contributed by atoms with E-state index in [2.05, 4.69) is 56.2 Å². The molecular formula is C23H29N3OS3. The molecule has 7 heteroatoms. The molecule has 3 aromatic rings. The first kappa shape index (κ1) is 23.1. The van der Waals surface area contributed by atoms with Gasteiger partial charge in [0.05, 0.1) is 10.2 Å². The molecule has 0 saturated carbocycles. The lowest BCUT2D eigenvalue weighted by Gasteiger charge is -2.25. The molecule has 3 rings (SSSR count). The highest BCUT2D eigenvalue weighted by atomic mass is 32.2. The third kappa shape index (κ3) is 5.38. The molecule has 0 aliphatic heterocycles. The molecule has 4 nitrogen and oxygen atoms in total. The van der Waals surface area contributed by atoms with Gasteiger partial charge in [-0.05, 0) is 55.4 Å². The number of anilines is 1. The third-order valence-electron chi connectivity index (χ3n) is 4.99. The Labute approximate surface area is 192 Å². The molecule has 0 unspecified atom stereocenters. The number of amides is 1. The van der Waals surface area contributed by atoms with Crippen LogP contribution in [0.4, 0.5) is 5.13 Å². The van der Waals surface area contributed by atoms with Crippen LogP contribution < -0.4 is 4.90 Å². The lowest BCUT2D eigenvalue weighted by Crippen LogP contribution is -2.38. The molecule has 0 aliphatic rings. The molecule has 1 aromatic heterocycles. The van der Waals surface area contributed by atoms with Crippen molar-refractivity contribution in [3.63, 3.8) is 0 Å². The summed E-state index contributed by atoms with van der Waals surface area (Å²) in [6, 6.07) is 14.2. The van der Waals surface area contributed by atoms with Crippen molar-refractivity contribution in [1.29, 1.82) is 0 Å². The van der Waals surface area contributed by atoms with Gasteiger partial charge in [-0.2, -0.15) is 0 Å². The van der Waals surface area contributed by atoms with Gasteiger partial charge in [0.1, 0.15) is 0 Å². The van der Waals surface area contributed by atoms with Gasteiger partial charge in [-0.3, -0.25) is 9.69 Å². The van der Waals surface area contributed by atoms with E-state index in [0.29, 0.717) is 6.54 Å². The Bertz CT molecular complexity index is 985. The second-order valence-electron chi connectivity index (χ2n) is 6.75. The Morgan fingerprint density at radius 3 is 2.53 bits per heavy atom. The number of aromatic nitrogens is 1. The third-order valence-corrected chi connectivity index (χ3v) is 7.68. The summed E-state index contributed by atoms with van der Waals surface area (Å²) < 4.78 is 1.12. The molecule has 0 aliphatic carbocycles. The second-order valence-corrected chi connectivity index (χ2v) is 9.94. The van der Waals surface area contributed by atoms with Crippen LogP contribution >= 0.6 is 34.9 Å². The van der Waals surface area contributed by atoms with Crippen LogP contribution in [0, 0.1) is 0 Å². The first-order valence-electron chi connectivity index (χ1n) is 10.3. The molecule has 1 amide bonds. The number of fused-ring (bicyclic) bond motifs is 1. The fourth-order valence-electron chi connectivity index (χ4n) is 3.30. The van der Waals surface area contributed by atoms with Gasteiger partial charge in [0, 0.05) is 28.4 Å². The maximum atomic E-state index is 13.6. The lowest BCUT2D eigenvalue weighted by molar-refractivity contribution is 0.0983. The van der Waals surface area contributed by atoms with Crippen LogP contribution in [-0.2, 0) is 0 Å². The molecule has 160 valence electrons. The first-order chi connectivity index (χ1) is 14.6. The number of rotatable bonds is 10. The SMILES string of the molecule is CCSc1cccc(C(=O)N(CCN(CC)CC)c2nc3c(SC)cccc3s2)c1. The number of benzene rings is 2. The van der Waals surface area contributed by atoms with Crippen LogP contribution in [0.25, 0.3) is 10.2 Å². The number of hydrogen-bond donors (Lipinski definition) is 0. The lowest BCUT2D eigenvalue weighted by atomic mass is 10.2. The fourth-order valence-corrected chi connectivity index (χ4v) is 5.66. The molecule has 1 heterocycles. The summed E-state index contributed by atoms with van der Waals surface area (Å²) >= 11 is 5.04. The van der Waals surface area contributed by atoms with Gasteiger partial charge in [0.2, 0.25) is 0 Å². The number of carbonyl (C=O) groups excluding carboxylic acids is 1. The van der Waals surface area contributed by atoms with E-state index in [-0.39, 0.29) is 5.91 Å². The van der Waals surface area contributed by atoms with Gasteiger partial charge >= 0.3 is 0 Å².